The lowest BCUT2D eigenvalue weighted by atomic mass is 10.0. The van der Waals surface area contributed by atoms with Crippen molar-refractivity contribution in [2.24, 2.45) is 0 Å². The Bertz CT molecular complexity index is 386. The van der Waals surface area contributed by atoms with Crippen LogP contribution in [0.3, 0.4) is 0 Å². The summed E-state index contributed by atoms with van der Waals surface area (Å²) in [6.07, 6.45) is 2.68. The normalized spacial score (nSPS) is 17.8. The molecule has 0 atom stereocenters. The maximum Gasteiger partial charge on any atom is 0.0690 e. The van der Waals surface area contributed by atoms with E-state index in [1.807, 2.05) is 0 Å². The third kappa shape index (κ3) is 3.06. The molecule has 1 saturated carbocycles. The Kier molecular flexibility index (Phi) is 3.38. The van der Waals surface area contributed by atoms with Gasteiger partial charge in [-0.2, -0.15) is 0 Å². The highest BCUT2D eigenvalue weighted by Crippen LogP contribution is 2.38. The number of nitrogens with zero attached hydrogens (tertiary/aromatic N) is 1. The van der Waals surface area contributed by atoms with Gasteiger partial charge in [-0.05, 0) is 44.1 Å². The zero-order chi connectivity index (χ0) is 11.8. The van der Waals surface area contributed by atoms with E-state index in [1.165, 1.54) is 11.1 Å². The molecule has 1 aromatic rings. The predicted octanol–water partition coefficient (Wildman–Crippen LogP) is 2.58. The molecule has 3 heteroatoms. The molecule has 1 fully saturated rings. The minimum Gasteiger partial charge on any atom is -0.390 e. The fourth-order valence-corrected chi connectivity index (χ4v) is 2.42. The van der Waals surface area contributed by atoms with Crippen LogP contribution in [0.4, 0.5) is 0 Å². The van der Waals surface area contributed by atoms with Gasteiger partial charge in [0.1, 0.15) is 0 Å². The average molecular weight is 284 g/mol. The fraction of sp³-hybridized carbons (Fsp3) is 0.538. The Balaban J connectivity index is 2.09. The van der Waals surface area contributed by atoms with Crippen LogP contribution >= 0.6 is 15.9 Å². The van der Waals surface area contributed by atoms with Crippen LogP contribution in [0.1, 0.15) is 24.0 Å². The Morgan fingerprint density at radius 1 is 1.38 bits per heavy atom. The third-order valence-electron chi connectivity index (χ3n) is 2.96. The molecule has 0 amide bonds. The van der Waals surface area contributed by atoms with Crippen molar-refractivity contribution in [1.82, 2.24) is 4.90 Å². The predicted molar refractivity (Wildman–Crippen MR) is 69.4 cm³/mol. The quantitative estimate of drug-likeness (QED) is 0.918. The van der Waals surface area contributed by atoms with Crippen molar-refractivity contribution in [2.75, 3.05) is 14.1 Å². The van der Waals surface area contributed by atoms with Gasteiger partial charge in [0.15, 0.2) is 0 Å². The minimum absolute atomic E-state index is 0.400. The Morgan fingerprint density at radius 2 is 2.06 bits per heavy atom. The monoisotopic (exact) mass is 283 g/mol. The number of benzene rings is 1. The first kappa shape index (κ1) is 12.1. The summed E-state index contributed by atoms with van der Waals surface area (Å²) < 4.78 is 1.14. The summed E-state index contributed by atoms with van der Waals surface area (Å²) in [5.41, 5.74) is 2.11. The summed E-state index contributed by atoms with van der Waals surface area (Å²) in [5.74, 6) is 0. The molecule has 1 aromatic carbocycles. The van der Waals surface area contributed by atoms with Crippen molar-refractivity contribution in [1.29, 1.82) is 0 Å². The van der Waals surface area contributed by atoms with E-state index in [1.54, 1.807) is 0 Å². The summed E-state index contributed by atoms with van der Waals surface area (Å²) in [5, 5.41) is 9.86. The van der Waals surface area contributed by atoms with Gasteiger partial charge >= 0.3 is 0 Å². The molecule has 0 aromatic heterocycles. The molecule has 2 nitrogen and oxygen atoms in total. The molecule has 1 aliphatic rings. The second kappa shape index (κ2) is 4.47. The van der Waals surface area contributed by atoms with Crippen LogP contribution < -0.4 is 0 Å². The SMILES string of the molecule is CN(C)Cc1ccc(CC2(O)CC2)cc1Br. The minimum atomic E-state index is -0.400. The number of rotatable bonds is 4. The highest BCUT2D eigenvalue weighted by Gasteiger charge is 2.40. The van der Waals surface area contributed by atoms with E-state index in [4.69, 9.17) is 0 Å². The molecule has 0 unspecified atom stereocenters. The van der Waals surface area contributed by atoms with Gasteiger partial charge in [-0.1, -0.05) is 28.1 Å². The molecular weight excluding hydrogens is 266 g/mol. The third-order valence-corrected chi connectivity index (χ3v) is 3.70. The van der Waals surface area contributed by atoms with Gasteiger partial charge in [0.05, 0.1) is 5.60 Å². The van der Waals surface area contributed by atoms with E-state index < -0.39 is 5.60 Å². The van der Waals surface area contributed by atoms with Crippen molar-refractivity contribution < 1.29 is 5.11 Å². The molecule has 0 spiro atoms. The molecule has 0 aliphatic heterocycles. The van der Waals surface area contributed by atoms with Crippen molar-refractivity contribution in [3.8, 4) is 0 Å². The first-order valence-electron chi connectivity index (χ1n) is 5.63. The van der Waals surface area contributed by atoms with Gasteiger partial charge in [-0.3, -0.25) is 0 Å². The molecular formula is C13H18BrNO. The number of hydrogen-bond acceptors (Lipinski definition) is 2. The smallest absolute Gasteiger partial charge is 0.0690 e. The molecule has 2 rings (SSSR count). The lowest BCUT2D eigenvalue weighted by Crippen LogP contribution is -2.13. The van der Waals surface area contributed by atoms with Gasteiger partial charge in [-0.15, -0.1) is 0 Å². The van der Waals surface area contributed by atoms with Gasteiger partial charge in [0, 0.05) is 17.4 Å². The van der Waals surface area contributed by atoms with E-state index in [0.717, 1.165) is 30.3 Å². The van der Waals surface area contributed by atoms with Gasteiger partial charge in [0.2, 0.25) is 0 Å². The van der Waals surface area contributed by atoms with Gasteiger partial charge in [0.25, 0.3) is 0 Å². The van der Waals surface area contributed by atoms with E-state index >= 15 is 0 Å². The Labute approximate surface area is 105 Å². The highest BCUT2D eigenvalue weighted by molar-refractivity contribution is 9.10. The Morgan fingerprint density at radius 3 is 2.56 bits per heavy atom. The van der Waals surface area contributed by atoms with Gasteiger partial charge < -0.3 is 10.0 Å². The molecule has 88 valence electrons. The van der Waals surface area contributed by atoms with Crippen LogP contribution in [0.5, 0.6) is 0 Å². The first-order valence-corrected chi connectivity index (χ1v) is 6.42. The first-order chi connectivity index (χ1) is 7.48. The van der Waals surface area contributed by atoms with Crippen molar-refractivity contribution in [3.63, 3.8) is 0 Å². The standard InChI is InChI=1S/C13H18BrNO/c1-15(2)9-11-4-3-10(7-12(11)14)8-13(16)5-6-13/h3-4,7,16H,5-6,8-9H2,1-2H3. The molecule has 0 heterocycles. The van der Waals surface area contributed by atoms with Crippen LogP contribution in [0.2, 0.25) is 0 Å². The molecule has 0 radical (unpaired) electrons. The number of aliphatic hydroxyl groups is 1. The summed E-state index contributed by atoms with van der Waals surface area (Å²) in [6.45, 7) is 0.936. The second-order valence-corrected chi connectivity index (χ2v) is 5.92. The van der Waals surface area contributed by atoms with Crippen LogP contribution in [0.25, 0.3) is 0 Å². The largest absolute Gasteiger partial charge is 0.390 e. The second-order valence-electron chi connectivity index (χ2n) is 5.06. The molecule has 16 heavy (non-hydrogen) atoms. The van der Waals surface area contributed by atoms with E-state index in [0.29, 0.717) is 0 Å². The van der Waals surface area contributed by atoms with Crippen LogP contribution in [0, 0.1) is 0 Å². The van der Waals surface area contributed by atoms with Crippen LogP contribution in [-0.2, 0) is 13.0 Å². The fourth-order valence-electron chi connectivity index (χ4n) is 1.87. The maximum absolute atomic E-state index is 9.86. The van der Waals surface area contributed by atoms with Crippen molar-refractivity contribution in [2.45, 2.75) is 31.4 Å². The lowest BCUT2D eigenvalue weighted by molar-refractivity contribution is 0.151. The zero-order valence-electron chi connectivity index (χ0n) is 9.83. The maximum atomic E-state index is 9.86. The Hall–Kier alpha value is -0.380. The average Bonchev–Trinajstić information content (AvgIpc) is 2.88. The highest BCUT2D eigenvalue weighted by atomic mass is 79.9. The van der Waals surface area contributed by atoms with Crippen molar-refractivity contribution >= 4 is 15.9 Å². The topological polar surface area (TPSA) is 23.5 Å². The lowest BCUT2D eigenvalue weighted by Gasteiger charge is -2.13. The van der Waals surface area contributed by atoms with E-state index in [2.05, 4.69) is 53.1 Å². The summed E-state index contributed by atoms with van der Waals surface area (Å²) in [4.78, 5) is 2.15. The summed E-state index contributed by atoms with van der Waals surface area (Å²) >= 11 is 3.60. The molecule has 1 aliphatic carbocycles. The number of hydrogen-bond donors (Lipinski definition) is 1. The molecule has 0 saturated heterocycles. The van der Waals surface area contributed by atoms with Crippen molar-refractivity contribution in [3.05, 3.63) is 33.8 Å². The molecule has 1 N–H and O–H groups in total. The summed E-state index contributed by atoms with van der Waals surface area (Å²) in [6, 6.07) is 6.40. The summed E-state index contributed by atoms with van der Waals surface area (Å²) in [7, 11) is 4.13. The van der Waals surface area contributed by atoms with Gasteiger partial charge in [-0.25, -0.2) is 0 Å². The number of halogens is 1. The molecule has 0 bridgehead atoms. The zero-order valence-corrected chi connectivity index (χ0v) is 11.4. The van der Waals surface area contributed by atoms with Crippen LogP contribution in [-0.4, -0.2) is 29.7 Å². The van der Waals surface area contributed by atoms with E-state index in [-0.39, 0.29) is 0 Å². The van der Waals surface area contributed by atoms with E-state index in [9.17, 15) is 5.11 Å². The van der Waals surface area contributed by atoms with Crippen LogP contribution in [0.15, 0.2) is 22.7 Å².